The van der Waals surface area contributed by atoms with Gasteiger partial charge in [0.25, 0.3) is 5.91 Å². The van der Waals surface area contributed by atoms with Crippen molar-refractivity contribution in [1.29, 1.82) is 0 Å². The predicted octanol–water partition coefficient (Wildman–Crippen LogP) is 5.05. The number of amides is 1. The fourth-order valence-corrected chi connectivity index (χ4v) is 3.86. The van der Waals surface area contributed by atoms with Crippen LogP contribution in [0.3, 0.4) is 0 Å². The second kappa shape index (κ2) is 10.1. The first-order chi connectivity index (χ1) is 14.3. The Kier molecular flexibility index (Phi) is 7.54. The summed E-state index contributed by atoms with van der Waals surface area (Å²) < 4.78 is 5.86. The number of rotatable bonds is 7. The molecule has 4 nitrogen and oxygen atoms in total. The molecule has 1 saturated heterocycles. The van der Waals surface area contributed by atoms with Gasteiger partial charge in [-0.2, -0.15) is 0 Å². The SMILES string of the molecule is C[C@@H](Oc1ccc(C(C)(C)C)cc1)C(=O)NCc1ccccc1CN1CCCCC1. The van der Waals surface area contributed by atoms with Crippen LogP contribution in [0, 0.1) is 0 Å². The third kappa shape index (κ3) is 6.33. The van der Waals surface area contributed by atoms with E-state index >= 15 is 0 Å². The van der Waals surface area contributed by atoms with Crippen molar-refractivity contribution in [2.24, 2.45) is 0 Å². The summed E-state index contributed by atoms with van der Waals surface area (Å²) in [5.74, 6) is 0.624. The fraction of sp³-hybridized carbons (Fsp3) is 0.500. The van der Waals surface area contributed by atoms with E-state index in [2.05, 4.69) is 61.3 Å². The molecule has 1 heterocycles. The van der Waals surface area contributed by atoms with Gasteiger partial charge in [-0.05, 0) is 67.1 Å². The van der Waals surface area contributed by atoms with Gasteiger partial charge in [0.2, 0.25) is 0 Å². The molecule has 2 aromatic rings. The molecule has 1 aliphatic rings. The summed E-state index contributed by atoms with van der Waals surface area (Å²) in [6, 6.07) is 16.4. The molecular weight excluding hydrogens is 372 g/mol. The second-order valence-electron chi connectivity index (χ2n) is 9.36. The van der Waals surface area contributed by atoms with Crippen LogP contribution >= 0.6 is 0 Å². The lowest BCUT2D eigenvalue weighted by atomic mass is 9.87. The van der Waals surface area contributed by atoms with E-state index in [0.29, 0.717) is 6.54 Å². The standard InChI is InChI=1S/C26H36N2O2/c1-20(30-24-14-12-23(13-15-24)26(2,3)4)25(29)27-18-21-10-6-7-11-22(21)19-28-16-8-5-9-17-28/h6-7,10-15,20H,5,8-9,16-19H2,1-4H3,(H,27,29)/t20-/m1/s1. The monoisotopic (exact) mass is 408 g/mol. The number of carbonyl (C=O) groups is 1. The zero-order chi connectivity index (χ0) is 21.6. The first kappa shape index (κ1) is 22.4. The summed E-state index contributed by atoms with van der Waals surface area (Å²) >= 11 is 0. The molecule has 1 atom stereocenters. The largest absolute Gasteiger partial charge is 0.481 e. The molecular formula is C26H36N2O2. The summed E-state index contributed by atoms with van der Waals surface area (Å²) in [6.07, 6.45) is 3.36. The van der Waals surface area contributed by atoms with Crippen LogP contribution in [0.2, 0.25) is 0 Å². The van der Waals surface area contributed by atoms with Gasteiger partial charge in [0.1, 0.15) is 5.75 Å². The fourth-order valence-electron chi connectivity index (χ4n) is 3.86. The molecule has 0 spiro atoms. The van der Waals surface area contributed by atoms with E-state index in [1.54, 1.807) is 6.92 Å². The van der Waals surface area contributed by atoms with E-state index < -0.39 is 6.10 Å². The van der Waals surface area contributed by atoms with E-state index in [4.69, 9.17) is 4.74 Å². The minimum Gasteiger partial charge on any atom is -0.481 e. The number of nitrogens with one attached hydrogen (secondary N) is 1. The topological polar surface area (TPSA) is 41.6 Å². The maximum absolute atomic E-state index is 12.6. The Hall–Kier alpha value is -2.33. The molecule has 1 fully saturated rings. The Morgan fingerprint density at radius 1 is 1.00 bits per heavy atom. The van der Waals surface area contributed by atoms with E-state index in [0.717, 1.165) is 12.3 Å². The number of hydrogen-bond donors (Lipinski definition) is 1. The third-order valence-corrected chi connectivity index (χ3v) is 5.82. The van der Waals surface area contributed by atoms with E-state index in [-0.39, 0.29) is 11.3 Å². The number of carbonyl (C=O) groups excluding carboxylic acids is 1. The van der Waals surface area contributed by atoms with Gasteiger partial charge in [-0.3, -0.25) is 9.69 Å². The number of benzene rings is 2. The molecule has 4 heteroatoms. The Morgan fingerprint density at radius 3 is 2.27 bits per heavy atom. The van der Waals surface area contributed by atoms with Gasteiger partial charge in [-0.15, -0.1) is 0 Å². The third-order valence-electron chi connectivity index (χ3n) is 5.82. The van der Waals surface area contributed by atoms with Crippen molar-refractivity contribution < 1.29 is 9.53 Å². The highest BCUT2D eigenvalue weighted by atomic mass is 16.5. The van der Waals surface area contributed by atoms with Crippen molar-refractivity contribution >= 4 is 5.91 Å². The first-order valence-corrected chi connectivity index (χ1v) is 11.2. The number of ether oxygens (including phenoxy) is 1. The number of hydrogen-bond acceptors (Lipinski definition) is 3. The van der Waals surface area contributed by atoms with E-state index in [1.165, 1.54) is 49.0 Å². The normalized spacial score (nSPS) is 16.1. The van der Waals surface area contributed by atoms with Gasteiger partial charge in [0, 0.05) is 13.1 Å². The predicted molar refractivity (Wildman–Crippen MR) is 123 cm³/mol. The molecule has 0 aromatic heterocycles. The van der Waals surface area contributed by atoms with Gasteiger partial charge in [-0.25, -0.2) is 0 Å². The van der Waals surface area contributed by atoms with Gasteiger partial charge < -0.3 is 10.1 Å². The van der Waals surface area contributed by atoms with Crippen LogP contribution in [0.1, 0.15) is 63.6 Å². The van der Waals surface area contributed by atoms with Crippen molar-refractivity contribution in [3.05, 3.63) is 65.2 Å². The lowest BCUT2D eigenvalue weighted by molar-refractivity contribution is -0.127. The second-order valence-corrected chi connectivity index (χ2v) is 9.36. The summed E-state index contributed by atoms with van der Waals surface area (Å²) in [4.78, 5) is 15.1. The number of nitrogens with zero attached hydrogens (tertiary/aromatic N) is 1. The van der Waals surface area contributed by atoms with Crippen molar-refractivity contribution in [2.75, 3.05) is 13.1 Å². The number of likely N-dealkylation sites (tertiary alicyclic amines) is 1. The maximum atomic E-state index is 12.6. The lowest BCUT2D eigenvalue weighted by Crippen LogP contribution is -2.36. The van der Waals surface area contributed by atoms with Gasteiger partial charge in [-0.1, -0.05) is 63.6 Å². The molecule has 0 radical (unpaired) electrons. The molecule has 3 rings (SSSR count). The van der Waals surface area contributed by atoms with Gasteiger partial charge in [0.05, 0.1) is 0 Å². The van der Waals surface area contributed by atoms with Gasteiger partial charge >= 0.3 is 0 Å². The smallest absolute Gasteiger partial charge is 0.261 e. The van der Waals surface area contributed by atoms with Crippen molar-refractivity contribution in [2.45, 2.75) is 71.6 Å². The molecule has 2 aromatic carbocycles. The zero-order valence-electron chi connectivity index (χ0n) is 18.9. The Bertz CT molecular complexity index is 818. The minimum atomic E-state index is -0.542. The molecule has 0 aliphatic carbocycles. The first-order valence-electron chi connectivity index (χ1n) is 11.2. The van der Waals surface area contributed by atoms with Crippen LogP contribution in [0.25, 0.3) is 0 Å². The lowest BCUT2D eigenvalue weighted by Gasteiger charge is -2.27. The minimum absolute atomic E-state index is 0.0947. The van der Waals surface area contributed by atoms with E-state index in [9.17, 15) is 4.79 Å². The summed E-state index contributed by atoms with van der Waals surface area (Å²) in [6.45, 7) is 12.2. The molecule has 1 amide bonds. The highest BCUT2D eigenvalue weighted by molar-refractivity contribution is 5.80. The summed E-state index contributed by atoms with van der Waals surface area (Å²) in [5, 5.41) is 3.05. The average molecular weight is 409 g/mol. The van der Waals surface area contributed by atoms with Crippen molar-refractivity contribution in [3.63, 3.8) is 0 Å². The average Bonchev–Trinajstić information content (AvgIpc) is 2.73. The van der Waals surface area contributed by atoms with Crippen LogP contribution in [0.4, 0.5) is 0 Å². The maximum Gasteiger partial charge on any atom is 0.261 e. The Balaban J connectivity index is 1.53. The van der Waals surface area contributed by atoms with Crippen molar-refractivity contribution in [1.82, 2.24) is 10.2 Å². The summed E-state index contributed by atoms with van der Waals surface area (Å²) in [5.41, 5.74) is 3.82. The molecule has 1 N–H and O–H groups in total. The Labute approximate surface area is 181 Å². The Morgan fingerprint density at radius 2 is 1.63 bits per heavy atom. The van der Waals surface area contributed by atoms with Crippen LogP contribution in [0.5, 0.6) is 5.75 Å². The summed E-state index contributed by atoms with van der Waals surface area (Å²) in [7, 11) is 0. The highest BCUT2D eigenvalue weighted by Gasteiger charge is 2.17. The molecule has 162 valence electrons. The quantitative estimate of drug-likeness (QED) is 0.697. The van der Waals surface area contributed by atoms with Crippen LogP contribution in [0.15, 0.2) is 48.5 Å². The van der Waals surface area contributed by atoms with Crippen LogP contribution < -0.4 is 10.1 Å². The highest BCUT2D eigenvalue weighted by Crippen LogP contribution is 2.24. The molecule has 0 saturated carbocycles. The molecule has 0 unspecified atom stereocenters. The molecule has 1 aliphatic heterocycles. The molecule has 30 heavy (non-hydrogen) atoms. The van der Waals surface area contributed by atoms with Crippen molar-refractivity contribution in [3.8, 4) is 5.75 Å². The molecule has 0 bridgehead atoms. The zero-order valence-corrected chi connectivity index (χ0v) is 18.9. The van der Waals surface area contributed by atoms with Gasteiger partial charge in [0.15, 0.2) is 6.10 Å². The van der Waals surface area contributed by atoms with Crippen LogP contribution in [-0.4, -0.2) is 30.0 Å². The van der Waals surface area contributed by atoms with E-state index in [1.807, 2.05) is 18.2 Å². The van der Waals surface area contributed by atoms with Crippen LogP contribution in [-0.2, 0) is 23.3 Å². The number of piperidine rings is 1.